The van der Waals surface area contributed by atoms with Crippen LogP contribution in [0.5, 0.6) is 0 Å². The fraction of sp³-hybridized carbons (Fsp3) is 0.667. The fourth-order valence-corrected chi connectivity index (χ4v) is 5.43. The molecule has 0 amide bonds. The second-order valence-corrected chi connectivity index (χ2v) is 9.72. The van der Waals surface area contributed by atoms with E-state index in [0.717, 1.165) is 0 Å². The zero-order chi connectivity index (χ0) is 18.1. The molecule has 0 aromatic heterocycles. The SMILES string of the molecule is O=S1(=O)CCC(O)(CN2CCC(C(F)c3ccccc3F)CC2)CC1. The van der Waals surface area contributed by atoms with Gasteiger partial charge in [-0.15, -0.1) is 0 Å². The second kappa shape index (κ2) is 7.29. The Hall–Kier alpha value is -1.05. The molecule has 2 aliphatic heterocycles. The van der Waals surface area contributed by atoms with E-state index in [4.69, 9.17) is 0 Å². The molecule has 7 heteroatoms. The average Bonchev–Trinajstić information content (AvgIpc) is 2.59. The van der Waals surface area contributed by atoms with Crippen molar-refractivity contribution >= 4 is 9.84 Å². The number of nitrogens with zero attached hydrogens (tertiary/aromatic N) is 1. The van der Waals surface area contributed by atoms with Gasteiger partial charge in [-0.05, 0) is 50.8 Å². The van der Waals surface area contributed by atoms with Crippen molar-refractivity contribution in [3.05, 3.63) is 35.6 Å². The monoisotopic (exact) mass is 373 g/mol. The van der Waals surface area contributed by atoms with Gasteiger partial charge in [0.15, 0.2) is 9.84 Å². The van der Waals surface area contributed by atoms with E-state index in [2.05, 4.69) is 4.90 Å². The topological polar surface area (TPSA) is 57.6 Å². The van der Waals surface area contributed by atoms with E-state index in [1.54, 1.807) is 12.1 Å². The van der Waals surface area contributed by atoms with Gasteiger partial charge in [0.1, 0.15) is 12.0 Å². The number of halogens is 2. The first kappa shape index (κ1) is 18.7. The molecule has 3 rings (SSSR count). The highest BCUT2D eigenvalue weighted by molar-refractivity contribution is 7.91. The first-order valence-electron chi connectivity index (χ1n) is 8.82. The number of likely N-dealkylation sites (tertiary alicyclic amines) is 1. The molecular formula is C18H25F2NO3S. The summed E-state index contributed by atoms with van der Waals surface area (Å²) in [5, 5.41) is 10.6. The molecule has 0 aliphatic carbocycles. The van der Waals surface area contributed by atoms with Gasteiger partial charge in [0.05, 0.1) is 17.1 Å². The Balaban J connectivity index is 1.53. The third-order valence-electron chi connectivity index (χ3n) is 5.52. The summed E-state index contributed by atoms with van der Waals surface area (Å²) in [6.07, 6.45) is 0.409. The number of aliphatic hydroxyl groups is 1. The van der Waals surface area contributed by atoms with Crippen molar-refractivity contribution < 1.29 is 22.3 Å². The van der Waals surface area contributed by atoms with Gasteiger partial charge in [0.2, 0.25) is 0 Å². The summed E-state index contributed by atoms with van der Waals surface area (Å²) in [6.45, 7) is 1.69. The van der Waals surface area contributed by atoms with Crippen LogP contribution in [-0.2, 0) is 9.84 Å². The molecule has 1 atom stereocenters. The number of alkyl halides is 1. The van der Waals surface area contributed by atoms with Crippen molar-refractivity contribution in [1.29, 1.82) is 0 Å². The van der Waals surface area contributed by atoms with Crippen LogP contribution in [0.25, 0.3) is 0 Å². The highest BCUT2D eigenvalue weighted by atomic mass is 32.2. The van der Waals surface area contributed by atoms with Gasteiger partial charge in [-0.1, -0.05) is 18.2 Å². The first-order chi connectivity index (χ1) is 11.8. The van der Waals surface area contributed by atoms with E-state index in [1.807, 2.05) is 0 Å². The van der Waals surface area contributed by atoms with Crippen LogP contribution in [0.1, 0.15) is 37.4 Å². The average molecular weight is 373 g/mol. The summed E-state index contributed by atoms with van der Waals surface area (Å²) >= 11 is 0. The van der Waals surface area contributed by atoms with E-state index < -0.39 is 27.4 Å². The van der Waals surface area contributed by atoms with Gasteiger partial charge in [0.25, 0.3) is 0 Å². The molecule has 2 aliphatic rings. The third-order valence-corrected chi connectivity index (χ3v) is 7.18. The molecule has 1 aromatic rings. The molecule has 1 N–H and O–H groups in total. The molecule has 25 heavy (non-hydrogen) atoms. The largest absolute Gasteiger partial charge is 0.388 e. The van der Waals surface area contributed by atoms with Gasteiger partial charge in [-0.2, -0.15) is 0 Å². The van der Waals surface area contributed by atoms with E-state index in [9.17, 15) is 22.3 Å². The summed E-state index contributed by atoms with van der Waals surface area (Å²) in [4.78, 5) is 2.07. The lowest BCUT2D eigenvalue weighted by Gasteiger charge is -2.40. The van der Waals surface area contributed by atoms with Gasteiger partial charge >= 0.3 is 0 Å². The minimum absolute atomic E-state index is 0.0276. The Labute approximate surface area is 147 Å². The number of piperidine rings is 1. The third kappa shape index (κ3) is 4.57. The normalized spacial score (nSPS) is 25.6. The quantitative estimate of drug-likeness (QED) is 0.881. The predicted octanol–water partition coefficient (Wildman–Crippen LogP) is 2.49. The summed E-state index contributed by atoms with van der Waals surface area (Å²) in [6, 6.07) is 5.98. The van der Waals surface area contributed by atoms with Crippen LogP contribution in [0.2, 0.25) is 0 Å². The van der Waals surface area contributed by atoms with Crippen LogP contribution in [0.3, 0.4) is 0 Å². The molecule has 4 nitrogen and oxygen atoms in total. The Morgan fingerprint density at radius 3 is 2.40 bits per heavy atom. The molecule has 140 valence electrons. The summed E-state index contributed by atoms with van der Waals surface area (Å²) in [5.74, 6) is -0.677. The number of hydrogen-bond acceptors (Lipinski definition) is 4. The second-order valence-electron chi connectivity index (χ2n) is 7.41. The minimum atomic E-state index is -3.01. The highest BCUT2D eigenvalue weighted by Gasteiger charge is 2.38. The Morgan fingerprint density at radius 1 is 1.20 bits per heavy atom. The fourth-order valence-electron chi connectivity index (χ4n) is 3.85. The molecule has 0 radical (unpaired) electrons. The lowest BCUT2D eigenvalue weighted by molar-refractivity contribution is -0.0167. The van der Waals surface area contributed by atoms with Crippen molar-refractivity contribution in [2.45, 2.75) is 37.5 Å². The maximum absolute atomic E-state index is 14.7. The van der Waals surface area contributed by atoms with Crippen LogP contribution >= 0.6 is 0 Å². The van der Waals surface area contributed by atoms with Gasteiger partial charge in [-0.3, -0.25) is 0 Å². The summed E-state index contributed by atoms with van der Waals surface area (Å²) in [5.41, 5.74) is -0.851. The molecule has 0 spiro atoms. The number of sulfone groups is 1. The van der Waals surface area contributed by atoms with Crippen molar-refractivity contribution in [3.8, 4) is 0 Å². The first-order valence-corrected chi connectivity index (χ1v) is 10.6. The van der Waals surface area contributed by atoms with Crippen molar-refractivity contribution in [2.75, 3.05) is 31.1 Å². The van der Waals surface area contributed by atoms with Crippen LogP contribution in [0.15, 0.2) is 24.3 Å². The van der Waals surface area contributed by atoms with E-state index in [1.165, 1.54) is 12.1 Å². The van der Waals surface area contributed by atoms with E-state index >= 15 is 0 Å². The standard InChI is InChI=1S/C18H25F2NO3S/c19-16-4-2-1-3-15(16)17(20)14-5-9-21(10-6-14)13-18(22)7-11-25(23,24)12-8-18/h1-4,14,17,22H,5-13H2. The maximum Gasteiger partial charge on any atom is 0.150 e. The number of rotatable bonds is 4. The van der Waals surface area contributed by atoms with E-state index in [0.29, 0.717) is 32.5 Å². The molecule has 2 fully saturated rings. The van der Waals surface area contributed by atoms with E-state index in [-0.39, 0.29) is 35.8 Å². The minimum Gasteiger partial charge on any atom is -0.388 e. The highest BCUT2D eigenvalue weighted by Crippen LogP contribution is 2.36. The smallest absolute Gasteiger partial charge is 0.150 e. The lowest BCUT2D eigenvalue weighted by atomic mass is 9.87. The van der Waals surface area contributed by atoms with Crippen LogP contribution in [0, 0.1) is 11.7 Å². The zero-order valence-electron chi connectivity index (χ0n) is 14.2. The van der Waals surface area contributed by atoms with Crippen LogP contribution in [0.4, 0.5) is 8.78 Å². The van der Waals surface area contributed by atoms with Gasteiger partial charge < -0.3 is 10.0 Å². The molecule has 2 saturated heterocycles. The maximum atomic E-state index is 14.7. The lowest BCUT2D eigenvalue weighted by Crippen LogP contribution is -2.50. The Bertz CT molecular complexity index is 688. The number of hydrogen-bond donors (Lipinski definition) is 1. The molecular weight excluding hydrogens is 348 g/mol. The molecule has 1 aromatic carbocycles. The molecule has 1 unspecified atom stereocenters. The van der Waals surface area contributed by atoms with Gasteiger partial charge in [0, 0.05) is 12.1 Å². The van der Waals surface area contributed by atoms with Crippen molar-refractivity contribution in [1.82, 2.24) is 4.90 Å². The van der Waals surface area contributed by atoms with Crippen molar-refractivity contribution in [2.24, 2.45) is 5.92 Å². The Kier molecular flexibility index (Phi) is 5.46. The summed E-state index contributed by atoms with van der Waals surface area (Å²) in [7, 11) is -3.01. The molecule has 0 saturated carbocycles. The predicted molar refractivity (Wildman–Crippen MR) is 92.3 cm³/mol. The molecule has 0 bridgehead atoms. The number of β-amino-alcohol motifs (C(OH)–C–C–N with tert-alkyl or cyclic N) is 1. The van der Waals surface area contributed by atoms with Gasteiger partial charge in [-0.25, -0.2) is 17.2 Å². The van der Waals surface area contributed by atoms with Crippen LogP contribution in [-0.4, -0.2) is 55.2 Å². The van der Waals surface area contributed by atoms with Crippen LogP contribution < -0.4 is 0 Å². The zero-order valence-corrected chi connectivity index (χ0v) is 15.0. The Morgan fingerprint density at radius 2 is 1.80 bits per heavy atom. The molecule has 2 heterocycles. The summed E-state index contributed by atoms with van der Waals surface area (Å²) < 4.78 is 51.4. The van der Waals surface area contributed by atoms with Crippen molar-refractivity contribution in [3.63, 3.8) is 0 Å². The number of benzene rings is 1.